The van der Waals surface area contributed by atoms with E-state index in [-0.39, 0.29) is 17.3 Å². The predicted molar refractivity (Wildman–Crippen MR) is 101 cm³/mol. The van der Waals surface area contributed by atoms with Gasteiger partial charge in [0.1, 0.15) is 5.75 Å². The first-order chi connectivity index (χ1) is 13.3. The Balaban J connectivity index is 1.73. The summed E-state index contributed by atoms with van der Waals surface area (Å²) in [6, 6.07) is 11.6. The van der Waals surface area contributed by atoms with Crippen molar-refractivity contribution in [3.05, 3.63) is 64.6 Å². The van der Waals surface area contributed by atoms with Crippen molar-refractivity contribution in [3.8, 4) is 5.75 Å². The fourth-order valence-corrected chi connectivity index (χ4v) is 3.37. The van der Waals surface area contributed by atoms with Gasteiger partial charge in [0.25, 0.3) is 11.1 Å². The van der Waals surface area contributed by atoms with Crippen LogP contribution in [-0.4, -0.2) is 29.8 Å². The van der Waals surface area contributed by atoms with E-state index in [1.807, 2.05) is 0 Å². The van der Waals surface area contributed by atoms with E-state index in [4.69, 9.17) is 4.74 Å². The molecule has 1 aliphatic heterocycles. The normalized spacial score (nSPS) is 16.0. The van der Waals surface area contributed by atoms with Crippen LogP contribution in [0.25, 0.3) is 6.08 Å². The first kappa shape index (κ1) is 19.8. The molecule has 2 aromatic carbocycles. The van der Waals surface area contributed by atoms with E-state index in [0.29, 0.717) is 11.3 Å². The highest BCUT2D eigenvalue weighted by molar-refractivity contribution is 8.18. The molecule has 1 fully saturated rings. The third-order valence-corrected chi connectivity index (χ3v) is 4.84. The van der Waals surface area contributed by atoms with Crippen LogP contribution in [0.15, 0.2) is 53.4 Å². The number of halogens is 3. The zero-order valence-corrected chi connectivity index (χ0v) is 15.4. The minimum Gasteiger partial charge on any atom is -0.496 e. The SMILES string of the molecule is COc1ccccc1C=C1SC(=O)N(CNc2cccc(C(F)(F)F)c2)C1=O. The van der Waals surface area contributed by atoms with Gasteiger partial charge in [-0.05, 0) is 42.1 Å². The Morgan fingerprint density at radius 3 is 2.61 bits per heavy atom. The number of imide groups is 1. The second kappa shape index (κ2) is 7.97. The van der Waals surface area contributed by atoms with Crippen molar-refractivity contribution < 1.29 is 27.5 Å². The molecule has 1 N–H and O–H groups in total. The summed E-state index contributed by atoms with van der Waals surface area (Å²) in [5, 5.41) is 2.18. The van der Waals surface area contributed by atoms with Crippen molar-refractivity contribution in [1.82, 2.24) is 4.90 Å². The summed E-state index contributed by atoms with van der Waals surface area (Å²) in [6.45, 7) is -0.241. The lowest BCUT2D eigenvalue weighted by Gasteiger charge is -2.15. The Labute approximate surface area is 163 Å². The quantitative estimate of drug-likeness (QED) is 0.719. The minimum absolute atomic E-state index is 0.155. The number of carbonyl (C=O) groups excluding carboxylic acids is 2. The minimum atomic E-state index is -4.47. The molecule has 3 rings (SSSR count). The summed E-state index contributed by atoms with van der Waals surface area (Å²) >= 11 is 0.761. The van der Waals surface area contributed by atoms with Crippen LogP contribution in [-0.2, 0) is 11.0 Å². The van der Waals surface area contributed by atoms with Gasteiger partial charge in [-0.2, -0.15) is 13.2 Å². The molecule has 0 atom stereocenters. The first-order valence-electron chi connectivity index (χ1n) is 8.09. The van der Waals surface area contributed by atoms with E-state index in [1.165, 1.54) is 19.2 Å². The number of ether oxygens (including phenoxy) is 1. The monoisotopic (exact) mass is 408 g/mol. The van der Waals surface area contributed by atoms with Gasteiger partial charge in [0.15, 0.2) is 0 Å². The van der Waals surface area contributed by atoms with Gasteiger partial charge in [0, 0.05) is 11.3 Å². The summed E-state index contributed by atoms with van der Waals surface area (Å²) in [6.07, 6.45) is -2.93. The number of para-hydroxylation sites is 1. The lowest BCUT2D eigenvalue weighted by molar-refractivity contribution is -0.137. The van der Waals surface area contributed by atoms with Gasteiger partial charge in [-0.15, -0.1) is 0 Å². The van der Waals surface area contributed by atoms with Crippen LogP contribution in [0.3, 0.4) is 0 Å². The Morgan fingerprint density at radius 2 is 1.89 bits per heavy atom. The van der Waals surface area contributed by atoms with Crippen molar-refractivity contribution in [3.63, 3.8) is 0 Å². The Kier molecular flexibility index (Phi) is 5.64. The lowest BCUT2D eigenvalue weighted by Crippen LogP contribution is -2.33. The second-order valence-corrected chi connectivity index (χ2v) is 6.76. The van der Waals surface area contributed by atoms with E-state index >= 15 is 0 Å². The highest BCUT2D eigenvalue weighted by Crippen LogP contribution is 2.34. The number of hydrogen-bond acceptors (Lipinski definition) is 5. The van der Waals surface area contributed by atoms with Crippen LogP contribution in [0.1, 0.15) is 11.1 Å². The fourth-order valence-electron chi connectivity index (χ4n) is 2.54. The zero-order valence-electron chi connectivity index (χ0n) is 14.6. The maximum atomic E-state index is 12.8. The summed E-state index contributed by atoms with van der Waals surface area (Å²) in [4.78, 5) is 25.8. The summed E-state index contributed by atoms with van der Waals surface area (Å²) in [5.74, 6) is 0.0248. The number of anilines is 1. The van der Waals surface area contributed by atoms with Gasteiger partial charge in [-0.3, -0.25) is 14.5 Å². The van der Waals surface area contributed by atoms with Crippen molar-refractivity contribution in [2.24, 2.45) is 0 Å². The highest BCUT2D eigenvalue weighted by atomic mass is 32.2. The first-order valence-corrected chi connectivity index (χ1v) is 8.91. The molecule has 1 heterocycles. The van der Waals surface area contributed by atoms with E-state index in [1.54, 1.807) is 30.3 Å². The average Bonchev–Trinajstić information content (AvgIpc) is 2.93. The van der Waals surface area contributed by atoms with Crippen LogP contribution < -0.4 is 10.1 Å². The van der Waals surface area contributed by atoms with Gasteiger partial charge >= 0.3 is 6.18 Å². The van der Waals surface area contributed by atoms with Crippen LogP contribution >= 0.6 is 11.8 Å². The van der Waals surface area contributed by atoms with E-state index in [9.17, 15) is 22.8 Å². The molecular formula is C19H15F3N2O3S. The highest BCUT2D eigenvalue weighted by Gasteiger charge is 2.35. The average molecular weight is 408 g/mol. The molecule has 2 aromatic rings. The van der Waals surface area contributed by atoms with Gasteiger partial charge in [-0.1, -0.05) is 24.3 Å². The summed E-state index contributed by atoms with van der Waals surface area (Å²) in [7, 11) is 1.50. The summed E-state index contributed by atoms with van der Waals surface area (Å²) in [5.41, 5.74) is -0.0216. The third-order valence-electron chi connectivity index (χ3n) is 3.93. The summed E-state index contributed by atoms with van der Waals surface area (Å²) < 4.78 is 43.6. The number of hydrogen-bond donors (Lipinski definition) is 1. The van der Waals surface area contributed by atoms with E-state index in [0.717, 1.165) is 28.8 Å². The van der Waals surface area contributed by atoms with Crippen molar-refractivity contribution in [2.75, 3.05) is 19.1 Å². The largest absolute Gasteiger partial charge is 0.496 e. The van der Waals surface area contributed by atoms with Crippen LogP contribution in [0.2, 0.25) is 0 Å². The fraction of sp³-hybridized carbons (Fsp3) is 0.158. The number of amides is 2. The maximum Gasteiger partial charge on any atom is 0.416 e. The van der Waals surface area contributed by atoms with E-state index < -0.39 is 22.9 Å². The number of thioether (sulfide) groups is 1. The standard InChI is InChI=1S/C19H15F3N2O3S/c1-27-15-8-3-2-5-12(15)9-16-17(25)24(18(26)28-16)11-23-14-7-4-6-13(10-14)19(20,21)22/h2-10,23H,11H2,1H3. The molecule has 0 radical (unpaired) electrons. The molecule has 0 unspecified atom stereocenters. The molecule has 28 heavy (non-hydrogen) atoms. The molecular weight excluding hydrogens is 393 g/mol. The molecule has 0 spiro atoms. The molecule has 1 saturated heterocycles. The van der Waals surface area contributed by atoms with Crippen LogP contribution in [0.5, 0.6) is 5.75 Å². The third kappa shape index (κ3) is 4.30. The van der Waals surface area contributed by atoms with Crippen molar-refractivity contribution >= 4 is 34.7 Å². The molecule has 0 aliphatic carbocycles. The van der Waals surface area contributed by atoms with Gasteiger partial charge in [0.2, 0.25) is 0 Å². The smallest absolute Gasteiger partial charge is 0.416 e. The number of benzene rings is 2. The van der Waals surface area contributed by atoms with Crippen LogP contribution in [0, 0.1) is 0 Å². The topological polar surface area (TPSA) is 58.6 Å². The van der Waals surface area contributed by atoms with Gasteiger partial charge in [0.05, 0.1) is 24.2 Å². The van der Waals surface area contributed by atoms with E-state index in [2.05, 4.69) is 5.32 Å². The lowest BCUT2D eigenvalue weighted by atomic mass is 10.2. The molecule has 0 bridgehead atoms. The molecule has 1 aliphatic rings. The Morgan fingerprint density at radius 1 is 1.14 bits per heavy atom. The van der Waals surface area contributed by atoms with Crippen molar-refractivity contribution in [2.45, 2.75) is 6.18 Å². The number of carbonyl (C=O) groups is 2. The zero-order chi connectivity index (χ0) is 20.3. The molecule has 0 aromatic heterocycles. The van der Waals surface area contributed by atoms with Gasteiger partial charge in [-0.25, -0.2) is 0 Å². The molecule has 0 saturated carbocycles. The predicted octanol–water partition coefficient (Wildman–Crippen LogP) is 4.82. The number of alkyl halides is 3. The maximum absolute atomic E-state index is 12.8. The van der Waals surface area contributed by atoms with Crippen molar-refractivity contribution in [1.29, 1.82) is 0 Å². The number of nitrogens with one attached hydrogen (secondary N) is 1. The molecule has 5 nitrogen and oxygen atoms in total. The van der Waals surface area contributed by atoms with Crippen LogP contribution in [0.4, 0.5) is 23.7 Å². The number of nitrogens with zero attached hydrogens (tertiary/aromatic N) is 1. The Hall–Kier alpha value is -2.94. The number of rotatable bonds is 5. The van der Waals surface area contributed by atoms with Gasteiger partial charge < -0.3 is 10.1 Å². The molecule has 146 valence electrons. The molecule has 9 heteroatoms. The number of methoxy groups -OCH3 is 1. The Bertz CT molecular complexity index is 944. The molecule has 2 amide bonds. The second-order valence-electron chi connectivity index (χ2n) is 5.77.